The fourth-order valence-electron chi connectivity index (χ4n) is 4.83. The summed E-state index contributed by atoms with van der Waals surface area (Å²) < 4.78 is 19.5. The Morgan fingerprint density at radius 2 is 1.70 bits per heavy atom. The van der Waals surface area contributed by atoms with Crippen LogP contribution in [0.4, 0.5) is 4.39 Å². The molecular weight excluding hydrogens is 415 g/mol. The zero-order chi connectivity index (χ0) is 22.5. The van der Waals surface area contributed by atoms with Crippen molar-refractivity contribution in [2.45, 2.75) is 25.9 Å². The summed E-state index contributed by atoms with van der Waals surface area (Å²) in [7, 11) is 0. The van der Waals surface area contributed by atoms with Crippen LogP contribution in [0.25, 0.3) is 22.2 Å². The first-order chi connectivity index (χ1) is 16.2. The number of nitrogens with one attached hydrogen (secondary N) is 1. The summed E-state index contributed by atoms with van der Waals surface area (Å²) in [5.41, 5.74) is 5.25. The van der Waals surface area contributed by atoms with Gasteiger partial charge in [-0.25, -0.2) is 9.37 Å². The molecule has 2 aliphatic rings. The molecule has 0 amide bonds. The molecule has 2 aliphatic heterocycles. The third-order valence-corrected chi connectivity index (χ3v) is 6.73. The highest BCUT2D eigenvalue weighted by molar-refractivity contribution is 5.85. The van der Waals surface area contributed by atoms with Crippen molar-refractivity contribution in [2.24, 2.45) is 0 Å². The number of rotatable bonds is 8. The van der Waals surface area contributed by atoms with Crippen LogP contribution in [0.15, 0.2) is 48.5 Å². The Bertz CT molecular complexity index is 1060. The number of likely N-dealkylation sites (tertiary alicyclic amines) is 1. The molecular formula is C27H33FN4O. The lowest BCUT2D eigenvalue weighted by atomic mass is 10.0. The molecule has 0 saturated carbocycles. The Balaban J connectivity index is 1.32. The van der Waals surface area contributed by atoms with E-state index in [-0.39, 0.29) is 5.82 Å². The lowest BCUT2D eigenvalue weighted by molar-refractivity contribution is 0.0342. The van der Waals surface area contributed by atoms with Crippen LogP contribution in [0, 0.1) is 5.82 Å². The second kappa shape index (κ2) is 10.7. The van der Waals surface area contributed by atoms with Gasteiger partial charge in [-0.15, -0.1) is 0 Å². The van der Waals surface area contributed by atoms with Crippen LogP contribution in [0.5, 0.6) is 0 Å². The average molecular weight is 449 g/mol. The van der Waals surface area contributed by atoms with Gasteiger partial charge in [0.1, 0.15) is 5.82 Å². The highest BCUT2D eigenvalue weighted by Gasteiger charge is 2.13. The highest BCUT2D eigenvalue weighted by atomic mass is 19.1. The molecule has 2 saturated heterocycles. The van der Waals surface area contributed by atoms with Gasteiger partial charge in [0.25, 0.3) is 0 Å². The van der Waals surface area contributed by atoms with Crippen LogP contribution in [-0.4, -0.2) is 67.3 Å². The molecule has 0 unspecified atom stereocenters. The van der Waals surface area contributed by atoms with Crippen molar-refractivity contribution < 1.29 is 9.13 Å². The number of halogens is 1. The second-order valence-corrected chi connectivity index (χ2v) is 9.14. The number of benzene rings is 2. The van der Waals surface area contributed by atoms with E-state index in [1.54, 1.807) is 12.1 Å². The first kappa shape index (κ1) is 22.4. The lowest BCUT2D eigenvalue weighted by Gasteiger charge is -2.26. The molecule has 5 rings (SSSR count). The molecule has 0 atom stereocenters. The van der Waals surface area contributed by atoms with Gasteiger partial charge in [0, 0.05) is 50.2 Å². The topological polar surface area (TPSA) is 40.6 Å². The van der Waals surface area contributed by atoms with Crippen molar-refractivity contribution >= 4 is 10.9 Å². The molecule has 0 radical (unpaired) electrons. The standard InChI is InChI=1S/C27H33FN4O/c28-24-7-8-26-25(18-24)23(19-29-9-12-31-10-1-2-11-31)17-27(30-26)22-5-3-21(4-6-22)20-32-13-15-33-16-14-32/h3-8,17-18,29H,1-2,9-16,19-20H2. The van der Waals surface area contributed by atoms with E-state index in [1.807, 2.05) is 0 Å². The van der Waals surface area contributed by atoms with Crippen LogP contribution < -0.4 is 5.32 Å². The Morgan fingerprint density at radius 3 is 2.48 bits per heavy atom. The molecule has 0 aliphatic carbocycles. The number of hydrogen-bond donors (Lipinski definition) is 1. The van der Waals surface area contributed by atoms with Crippen LogP contribution >= 0.6 is 0 Å². The number of nitrogens with zero attached hydrogens (tertiary/aromatic N) is 3. The SMILES string of the molecule is Fc1ccc2nc(-c3ccc(CN4CCOCC4)cc3)cc(CNCCN3CCCC3)c2c1. The Labute approximate surface area is 195 Å². The zero-order valence-corrected chi connectivity index (χ0v) is 19.2. The van der Waals surface area contributed by atoms with Gasteiger partial charge in [-0.05, 0) is 61.3 Å². The van der Waals surface area contributed by atoms with Crippen molar-refractivity contribution in [3.05, 3.63) is 65.5 Å². The molecule has 2 aromatic carbocycles. The van der Waals surface area contributed by atoms with Gasteiger partial charge in [-0.3, -0.25) is 4.90 Å². The van der Waals surface area contributed by atoms with Gasteiger partial charge in [0.05, 0.1) is 24.4 Å². The van der Waals surface area contributed by atoms with E-state index in [2.05, 4.69) is 45.4 Å². The summed E-state index contributed by atoms with van der Waals surface area (Å²) in [6.07, 6.45) is 2.62. The van der Waals surface area contributed by atoms with Crippen LogP contribution in [0.2, 0.25) is 0 Å². The zero-order valence-electron chi connectivity index (χ0n) is 19.2. The summed E-state index contributed by atoms with van der Waals surface area (Å²) in [5, 5.41) is 4.45. The van der Waals surface area contributed by atoms with E-state index in [0.29, 0.717) is 6.54 Å². The monoisotopic (exact) mass is 448 g/mol. The summed E-state index contributed by atoms with van der Waals surface area (Å²) >= 11 is 0. The summed E-state index contributed by atoms with van der Waals surface area (Å²) in [6, 6.07) is 15.7. The van der Waals surface area contributed by atoms with Crippen molar-refractivity contribution in [3.63, 3.8) is 0 Å². The first-order valence-corrected chi connectivity index (χ1v) is 12.2. The van der Waals surface area contributed by atoms with Gasteiger partial charge in [0.2, 0.25) is 0 Å². The van der Waals surface area contributed by atoms with Gasteiger partial charge >= 0.3 is 0 Å². The van der Waals surface area contributed by atoms with Crippen molar-refractivity contribution in [1.82, 2.24) is 20.1 Å². The summed E-state index contributed by atoms with van der Waals surface area (Å²) in [4.78, 5) is 9.78. The molecule has 6 heteroatoms. The van der Waals surface area contributed by atoms with Crippen molar-refractivity contribution in [1.29, 1.82) is 0 Å². The maximum Gasteiger partial charge on any atom is 0.123 e. The Morgan fingerprint density at radius 1 is 0.909 bits per heavy atom. The minimum Gasteiger partial charge on any atom is -0.379 e. The third-order valence-electron chi connectivity index (χ3n) is 6.73. The van der Waals surface area contributed by atoms with Gasteiger partial charge in [-0.2, -0.15) is 0 Å². The number of aromatic nitrogens is 1. The minimum absolute atomic E-state index is 0.220. The average Bonchev–Trinajstić information content (AvgIpc) is 3.36. The smallest absolute Gasteiger partial charge is 0.123 e. The van der Waals surface area contributed by atoms with Gasteiger partial charge in [0.15, 0.2) is 0 Å². The second-order valence-electron chi connectivity index (χ2n) is 9.14. The van der Waals surface area contributed by atoms with E-state index in [4.69, 9.17) is 9.72 Å². The first-order valence-electron chi connectivity index (χ1n) is 12.2. The normalized spacial score (nSPS) is 17.7. The number of hydrogen-bond acceptors (Lipinski definition) is 5. The van der Waals surface area contributed by atoms with Gasteiger partial charge in [-0.1, -0.05) is 24.3 Å². The highest BCUT2D eigenvalue weighted by Crippen LogP contribution is 2.26. The van der Waals surface area contributed by atoms with E-state index in [1.165, 1.54) is 37.6 Å². The van der Waals surface area contributed by atoms with Crippen LogP contribution in [0.1, 0.15) is 24.0 Å². The molecule has 0 bridgehead atoms. The molecule has 3 aromatic rings. The molecule has 5 nitrogen and oxygen atoms in total. The predicted octanol–water partition coefficient (Wildman–Crippen LogP) is 4.06. The van der Waals surface area contributed by atoms with Crippen molar-refractivity contribution in [2.75, 3.05) is 52.5 Å². The number of fused-ring (bicyclic) bond motifs is 1. The molecule has 0 spiro atoms. The van der Waals surface area contributed by atoms with Gasteiger partial charge < -0.3 is 15.0 Å². The minimum atomic E-state index is -0.220. The van der Waals surface area contributed by atoms with E-state index in [0.717, 1.165) is 73.7 Å². The maximum absolute atomic E-state index is 14.0. The largest absolute Gasteiger partial charge is 0.379 e. The van der Waals surface area contributed by atoms with Crippen LogP contribution in [-0.2, 0) is 17.8 Å². The Hall–Kier alpha value is -2.38. The number of ether oxygens (including phenoxy) is 1. The fourth-order valence-corrected chi connectivity index (χ4v) is 4.83. The van der Waals surface area contributed by atoms with E-state index >= 15 is 0 Å². The predicted molar refractivity (Wildman–Crippen MR) is 131 cm³/mol. The van der Waals surface area contributed by atoms with E-state index in [9.17, 15) is 4.39 Å². The molecule has 174 valence electrons. The quantitative estimate of drug-likeness (QED) is 0.527. The summed E-state index contributed by atoms with van der Waals surface area (Å²) in [6.45, 7) is 9.66. The van der Waals surface area contributed by atoms with Crippen LogP contribution in [0.3, 0.4) is 0 Å². The lowest BCUT2D eigenvalue weighted by Crippen LogP contribution is -2.35. The summed E-state index contributed by atoms with van der Waals surface area (Å²) in [5.74, 6) is -0.220. The number of morpholine rings is 1. The molecule has 33 heavy (non-hydrogen) atoms. The number of pyridine rings is 1. The molecule has 2 fully saturated rings. The Kier molecular flexibility index (Phi) is 7.27. The molecule has 1 N–H and O–H groups in total. The maximum atomic E-state index is 14.0. The molecule has 3 heterocycles. The third kappa shape index (κ3) is 5.76. The van der Waals surface area contributed by atoms with E-state index < -0.39 is 0 Å². The van der Waals surface area contributed by atoms with Crippen molar-refractivity contribution in [3.8, 4) is 11.3 Å². The molecule has 1 aromatic heterocycles. The fraction of sp³-hybridized carbons (Fsp3) is 0.444.